The Bertz CT molecular complexity index is 668. The van der Waals surface area contributed by atoms with Crippen molar-refractivity contribution in [3.05, 3.63) is 17.6 Å². The number of likely N-dealkylation sites (N-methyl/N-ethyl adjacent to an activating group) is 1. The SMILES string of the molecule is CCc1cnc(C)nc1N1CCN(C)C2(CCC(=O)N(CCOC)CC2)C1. The van der Waals surface area contributed by atoms with E-state index in [-0.39, 0.29) is 11.4 Å². The number of rotatable bonds is 5. The number of anilines is 1. The van der Waals surface area contributed by atoms with Crippen molar-refractivity contribution >= 4 is 11.7 Å². The molecular weight excluding hydrogens is 342 g/mol. The van der Waals surface area contributed by atoms with Crippen molar-refractivity contribution in [2.24, 2.45) is 0 Å². The van der Waals surface area contributed by atoms with Crippen molar-refractivity contribution in [2.75, 3.05) is 58.4 Å². The van der Waals surface area contributed by atoms with Gasteiger partial charge in [0, 0.05) is 63.6 Å². The fourth-order valence-corrected chi connectivity index (χ4v) is 4.32. The maximum atomic E-state index is 12.6. The van der Waals surface area contributed by atoms with Crippen LogP contribution in [0.1, 0.15) is 37.6 Å². The first kappa shape index (κ1) is 20.0. The number of aryl methyl sites for hydroxylation is 2. The third-order valence-corrected chi connectivity index (χ3v) is 6.21. The largest absolute Gasteiger partial charge is 0.383 e. The molecule has 1 atom stereocenters. The van der Waals surface area contributed by atoms with Gasteiger partial charge in [0.05, 0.1) is 6.61 Å². The summed E-state index contributed by atoms with van der Waals surface area (Å²) in [6, 6.07) is 0. The summed E-state index contributed by atoms with van der Waals surface area (Å²) in [7, 11) is 3.89. The lowest BCUT2D eigenvalue weighted by Crippen LogP contribution is -2.61. The summed E-state index contributed by atoms with van der Waals surface area (Å²) < 4.78 is 5.18. The summed E-state index contributed by atoms with van der Waals surface area (Å²) in [5.41, 5.74) is 1.21. The van der Waals surface area contributed by atoms with Crippen LogP contribution < -0.4 is 4.90 Å². The first-order valence-electron chi connectivity index (χ1n) is 10.0. The number of ether oxygens (including phenoxy) is 1. The maximum absolute atomic E-state index is 12.6. The van der Waals surface area contributed by atoms with Crippen LogP contribution in [0.25, 0.3) is 0 Å². The third kappa shape index (κ3) is 4.24. The van der Waals surface area contributed by atoms with Gasteiger partial charge in [0.15, 0.2) is 0 Å². The highest BCUT2D eigenvalue weighted by Crippen LogP contribution is 2.34. The fourth-order valence-electron chi connectivity index (χ4n) is 4.32. The molecule has 1 aromatic heterocycles. The molecule has 2 saturated heterocycles. The van der Waals surface area contributed by atoms with E-state index in [1.54, 1.807) is 7.11 Å². The minimum Gasteiger partial charge on any atom is -0.383 e. The Morgan fingerprint density at radius 1 is 1.26 bits per heavy atom. The van der Waals surface area contributed by atoms with Gasteiger partial charge in [-0.1, -0.05) is 6.92 Å². The van der Waals surface area contributed by atoms with Crippen LogP contribution in [0.3, 0.4) is 0 Å². The van der Waals surface area contributed by atoms with E-state index in [0.29, 0.717) is 19.6 Å². The molecule has 0 aliphatic carbocycles. The van der Waals surface area contributed by atoms with Gasteiger partial charge in [0.2, 0.25) is 5.91 Å². The normalized spacial score (nSPS) is 24.5. The summed E-state index contributed by atoms with van der Waals surface area (Å²) in [6.45, 7) is 9.04. The lowest BCUT2D eigenvalue weighted by Gasteiger charge is -2.50. The van der Waals surface area contributed by atoms with E-state index < -0.39 is 0 Å². The average Bonchev–Trinajstić information content (AvgIpc) is 2.82. The van der Waals surface area contributed by atoms with Crippen LogP contribution in [-0.4, -0.2) is 84.7 Å². The summed E-state index contributed by atoms with van der Waals surface area (Å²) in [6.07, 6.45) is 5.38. The maximum Gasteiger partial charge on any atom is 0.222 e. The van der Waals surface area contributed by atoms with E-state index in [2.05, 4.69) is 28.8 Å². The Morgan fingerprint density at radius 2 is 2.07 bits per heavy atom. The van der Waals surface area contributed by atoms with Crippen LogP contribution in [0, 0.1) is 6.92 Å². The number of nitrogens with zero attached hydrogens (tertiary/aromatic N) is 5. The molecule has 1 spiro atoms. The second-order valence-electron chi connectivity index (χ2n) is 7.81. The average molecular weight is 376 g/mol. The van der Waals surface area contributed by atoms with Crippen LogP contribution in [0.2, 0.25) is 0 Å². The molecule has 0 bridgehead atoms. The van der Waals surface area contributed by atoms with Crippen molar-refractivity contribution in [2.45, 2.75) is 45.1 Å². The number of amides is 1. The van der Waals surface area contributed by atoms with Gasteiger partial charge >= 0.3 is 0 Å². The zero-order valence-corrected chi connectivity index (χ0v) is 17.2. The number of carbonyl (C=O) groups is 1. The molecule has 7 heteroatoms. The van der Waals surface area contributed by atoms with E-state index in [1.165, 1.54) is 5.56 Å². The Balaban J connectivity index is 1.81. The van der Waals surface area contributed by atoms with Crippen LogP contribution in [-0.2, 0) is 16.0 Å². The highest BCUT2D eigenvalue weighted by atomic mass is 16.5. The molecule has 3 rings (SSSR count). The molecule has 1 amide bonds. The Labute approximate surface area is 162 Å². The molecule has 27 heavy (non-hydrogen) atoms. The summed E-state index contributed by atoms with van der Waals surface area (Å²) in [5.74, 6) is 2.14. The molecule has 3 heterocycles. The number of methoxy groups -OCH3 is 1. The van der Waals surface area contributed by atoms with Gasteiger partial charge in [-0.15, -0.1) is 0 Å². The molecular formula is C20H33N5O2. The topological polar surface area (TPSA) is 61.8 Å². The minimum atomic E-state index is 0.0135. The van der Waals surface area contributed by atoms with Crippen LogP contribution in [0.15, 0.2) is 6.20 Å². The first-order valence-corrected chi connectivity index (χ1v) is 10.0. The molecule has 150 valence electrons. The first-order chi connectivity index (χ1) is 13.0. The molecule has 0 N–H and O–H groups in total. The molecule has 1 aromatic rings. The van der Waals surface area contributed by atoms with E-state index in [4.69, 9.17) is 9.72 Å². The molecule has 0 radical (unpaired) electrons. The number of carbonyl (C=O) groups excluding carboxylic acids is 1. The van der Waals surface area contributed by atoms with Crippen molar-refractivity contribution in [1.82, 2.24) is 19.8 Å². The van der Waals surface area contributed by atoms with Crippen LogP contribution >= 0.6 is 0 Å². The summed E-state index contributed by atoms with van der Waals surface area (Å²) >= 11 is 0. The predicted octanol–water partition coefficient (Wildman–Crippen LogP) is 1.50. The standard InChI is InChI=1S/C20H33N5O2/c1-5-17-14-21-16(2)22-19(17)25-11-10-23(3)20(15-25)7-6-18(26)24(9-8-20)12-13-27-4/h14H,5-13,15H2,1-4H3. The van der Waals surface area contributed by atoms with Gasteiger partial charge in [-0.3, -0.25) is 9.69 Å². The Hall–Kier alpha value is -1.73. The molecule has 2 aliphatic heterocycles. The van der Waals surface area contributed by atoms with E-state index >= 15 is 0 Å². The van der Waals surface area contributed by atoms with Gasteiger partial charge in [-0.2, -0.15) is 0 Å². The highest BCUT2D eigenvalue weighted by Gasteiger charge is 2.42. The van der Waals surface area contributed by atoms with E-state index in [9.17, 15) is 4.79 Å². The zero-order chi connectivity index (χ0) is 19.4. The second-order valence-corrected chi connectivity index (χ2v) is 7.81. The van der Waals surface area contributed by atoms with Crippen molar-refractivity contribution in [3.8, 4) is 0 Å². The van der Waals surface area contributed by atoms with Crippen LogP contribution in [0.4, 0.5) is 5.82 Å². The fraction of sp³-hybridized carbons (Fsp3) is 0.750. The lowest BCUT2D eigenvalue weighted by molar-refractivity contribution is -0.131. The molecule has 2 fully saturated rings. The highest BCUT2D eigenvalue weighted by molar-refractivity contribution is 5.76. The number of aromatic nitrogens is 2. The van der Waals surface area contributed by atoms with Gasteiger partial charge in [0.1, 0.15) is 11.6 Å². The van der Waals surface area contributed by atoms with E-state index in [0.717, 1.165) is 57.1 Å². The quantitative estimate of drug-likeness (QED) is 0.777. The summed E-state index contributed by atoms with van der Waals surface area (Å²) in [4.78, 5) is 28.6. The number of hydrogen-bond acceptors (Lipinski definition) is 6. The second kappa shape index (κ2) is 8.52. The van der Waals surface area contributed by atoms with Gasteiger partial charge in [-0.25, -0.2) is 9.97 Å². The smallest absolute Gasteiger partial charge is 0.222 e. The predicted molar refractivity (Wildman–Crippen MR) is 106 cm³/mol. The number of hydrogen-bond donors (Lipinski definition) is 0. The van der Waals surface area contributed by atoms with E-state index in [1.807, 2.05) is 18.0 Å². The molecule has 1 unspecified atom stereocenters. The van der Waals surface area contributed by atoms with Gasteiger partial charge in [0.25, 0.3) is 0 Å². The number of piperazine rings is 1. The van der Waals surface area contributed by atoms with Crippen molar-refractivity contribution in [3.63, 3.8) is 0 Å². The minimum absolute atomic E-state index is 0.0135. The molecule has 7 nitrogen and oxygen atoms in total. The van der Waals surface area contributed by atoms with Crippen molar-refractivity contribution in [1.29, 1.82) is 0 Å². The van der Waals surface area contributed by atoms with Crippen molar-refractivity contribution < 1.29 is 9.53 Å². The van der Waals surface area contributed by atoms with Gasteiger partial charge < -0.3 is 14.5 Å². The molecule has 2 aliphatic rings. The monoisotopic (exact) mass is 375 g/mol. The lowest BCUT2D eigenvalue weighted by atomic mass is 9.86. The molecule has 0 aromatic carbocycles. The Kier molecular flexibility index (Phi) is 6.32. The summed E-state index contributed by atoms with van der Waals surface area (Å²) in [5, 5.41) is 0. The Morgan fingerprint density at radius 3 is 2.81 bits per heavy atom. The van der Waals surface area contributed by atoms with Gasteiger partial charge in [-0.05, 0) is 33.2 Å². The molecule has 0 saturated carbocycles. The zero-order valence-electron chi connectivity index (χ0n) is 17.2. The number of likely N-dealkylation sites (tertiary alicyclic amines) is 1. The van der Waals surface area contributed by atoms with Crippen LogP contribution in [0.5, 0.6) is 0 Å². The third-order valence-electron chi connectivity index (χ3n) is 6.21.